The highest BCUT2D eigenvalue weighted by Gasteiger charge is 2.46. The van der Waals surface area contributed by atoms with Gasteiger partial charge in [0, 0.05) is 27.8 Å². The van der Waals surface area contributed by atoms with Gasteiger partial charge in [0.05, 0.1) is 0 Å². The van der Waals surface area contributed by atoms with Crippen molar-refractivity contribution in [3.05, 3.63) is 84.9 Å². The van der Waals surface area contributed by atoms with Crippen LogP contribution in [0.25, 0.3) is 32.7 Å². The molecule has 3 aliphatic heterocycles. The highest BCUT2D eigenvalue weighted by molar-refractivity contribution is 7.03. The average molecular weight is 407 g/mol. The Balaban J connectivity index is 1.58. The Labute approximate surface area is 183 Å². The van der Waals surface area contributed by atoms with Crippen molar-refractivity contribution >= 4 is 72.9 Å². The molecule has 3 nitrogen and oxygen atoms in total. The zero-order chi connectivity index (χ0) is 20.6. The lowest BCUT2D eigenvalue weighted by atomic mass is 9.32. The lowest BCUT2D eigenvalue weighted by molar-refractivity contribution is 0.488. The summed E-state index contributed by atoms with van der Waals surface area (Å²) in [4.78, 5) is 2.39. The average Bonchev–Trinajstić information content (AvgIpc) is 3.23. The molecule has 32 heavy (non-hydrogen) atoms. The van der Waals surface area contributed by atoms with E-state index in [-0.39, 0.29) is 6.71 Å². The second kappa shape index (κ2) is 5.00. The molecule has 9 rings (SSSR count). The van der Waals surface area contributed by atoms with Gasteiger partial charge in [-0.25, -0.2) is 0 Å². The van der Waals surface area contributed by atoms with Gasteiger partial charge < -0.3 is 14.1 Å². The highest BCUT2D eigenvalue weighted by atomic mass is 16.5. The molecule has 0 atom stereocenters. The molecule has 0 amide bonds. The van der Waals surface area contributed by atoms with Crippen LogP contribution in [-0.2, 0) is 0 Å². The largest absolute Gasteiger partial charge is 0.458 e. The van der Waals surface area contributed by atoms with Crippen LogP contribution < -0.4 is 26.0 Å². The minimum absolute atomic E-state index is 0.142. The van der Waals surface area contributed by atoms with Crippen molar-refractivity contribution in [2.75, 3.05) is 4.90 Å². The third-order valence-electron chi connectivity index (χ3n) is 7.43. The summed E-state index contributed by atoms with van der Waals surface area (Å²) in [5.41, 5.74) is 9.34. The molecule has 0 bridgehead atoms. The standard InChI is InChI=1S/C28H14BNO2/c1-2-5-16(6-3-1)30-17-7-4-8-21-26(17)29-27-18(30)11-9-15-10-12-19-24(23(15)27)25-20(31-19)13-14-22(32-21)28(25)29/h1-14H. The fourth-order valence-corrected chi connectivity index (χ4v) is 6.30. The molecular formula is C28H14BNO2. The molecule has 4 heterocycles. The van der Waals surface area contributed by atoms with Gasteiger partial charge >= 0.3 is 0 Å². The fraction of sp³-hybridized carbons (Fsp3) is 0. The van der Waals surface area contributed by atoms with Crippen LogP contribution in [-0.4, -0.2) is 6.71 Å². The predicted octanol–water partition coefficient (Wildman–Crippen LogP) is 5.46. The Morgan fingerprint density at radius 3 is 2.28 bits per heavy atom. The second-order valence-electron chi connectivity index (χ2n) is 8.88. The zero-order valence-corrected chi connectivity index (χ0v) is 16.9. The summed E-state index contributed by atoms with van der Waals surface area (Å²) >= 11 is 0. The van der Waals surface area contributed by atoms with Gasteiger partial charge in [-0.2, -0.15) is 0 Å². The topological polar surface area (TPSA) is 25.6 Å². The summed E-state index contributed by atoms with van der Waals surface area (Å²) < 4.78 is 12.9. The van der Waals surface area contributed by atoms with Crippen LogP contribution in [0.3, 0.4) is 0 Å². The predicted molar refractivity (Wildman–Crippen MR) is 131 cm³/mol. The smallest absolute Gasteiger partial charge is 0.258 e. The van der Waals surface area contributed by atoms with Crippen LogP contribution in [0.2, 0.25) is 0 Å². The Hall–Kier alpha value is -4.18. The number of para-hydroxylation sites is 1. The van der Waals surface area contributed by atoms with E-state index in [1.165, 1.54) is 49.3 Å². The van der Waals surface area contributed by atoms with Gasteiger partial charge in [-0.3, -0.25) is 0 Å². The SMILES string of the molecule is c1ccc(N2c3cccc4c3B3c5c2ccc2ccc6oc7ccc(c3c7c6c52)O4)cc1. The molecule has 0 spiro atoms. The van der Waals surface area contributed by atoms with E-state index < -0.39 is 0 Å². The van der Waals surface area contributed by atoms with E-state index in [1.54, 1.807) is 0 Å². The number of benzene rings is 5. The lowest BCUT2D eigenvalue weighted by Crippen LogP contribution is -2.60. The van der Waals surface area contributed by atoms with Crippen molar-refractivity contribution in [3.8, 4) is 11.5 Å². The maximum absolute atomic E-state index is 6.53. The molecule has 5 aromatic carbocycles. The zero-order valence-electron chi connectivity index (χ0n) is 16.9. The Morgan fingerprint density at radius 1 is 0.562 bits per heavy atom. The van der Waals surface area contributed by atoms with Gasteiger partial charge in [0.1, 0.15) is 22.7 Å². The van der Waals surface area contributed by atoms with Gasteiger partial charge in [0.15, 0.2) is 0 Å². The molecule has 1 aromatic heterocycles. The van der Waals surface area contributed by atoms with Gasteiger partial charge in [0.2, 0.25) is 0 Å². The number of hydrogen-bond acceptors (Lipinski definition) is 3. The van der Waals surface area contributed by atoms with Crippen molar-refractivity contribution in [1.82, 2.24) is 0 Å². The summed E-state index contributed by atoms with van der Waals surface area (Å²) in [6, 6.07) is 30.0. The molecule has 0 aliphatic carbocycles. The van der Waals surface area contributed by atoms with E-state index in [1.807, 2.05) is 0 Å². The van der Waals surface area contributed by atoms with Crippen molar-refractivity contribution < 1.29 is 9.15 Å². The summed E-state index contributed by atoms with van der Waals surface area (Å²) in [6.45, 7) is 0.142. The minimum atomic E-state index is 0.142. The van der Waals surface area contributed by atoms with Gasteiger partial charge in [-0.05, 0) is 75.7 Å². The van der Waals surface area contributed by atoms with Crippen molar-refractivity contribution in [1.29, 1.82) is 0 Å². The van der Waals surface area contributed by atoms with E-state index >= 15 is 0 Å². The Kier molecular flexibility index (Phi) is 2.44. The fourth-order valence-electron chi connectivity index (χ4n) is 6.30. The molecule has 0 radical (unpaired) electrons. The second-order valence-corrected chi connectivity index (χ2v) is 8.88. The maximum Gasteiger partial charge on any atom is 0.258 e. The van der Waals surface area contributed by atoms with Gasteiger partial charge in [-0.15, -0.1) is 0 Å². The molecular weight excluding hydrogens is 393 g/mol. The van der Waals surface area contributed by atoms with E-state index in [4.69, 9.17) is 9.15 Å². The van der Waals surface area contributed by atoms with Gasteiger partial charge in [-0.1, -0.05) is 36.4 Å². The van der Waals surface area contributed by atoms with E-state index in [0.717, 1.165) is 28.4 Å². The maximum atomic E-state index is 6.53. The van der Waals surface area contributed by atoms with Crippen molar-refractivity contribution in [2.24, 2.45) is 0 Å². The first-order chi connectivity index (χ1) is 15.9. The number of ether oxygens (including phenoxy) is 1. The molecule has 0 N–H and O–H groups in total. The highest BCUT2D eigenvalue weighted by Crippen LogP contribution is 2.46. The number of anilines is 3. The first kappa shape index (κ1) is 15.6. The third-order valence-corrected chi connectivity index (χ3v) is 7.43. The molecule has 0 unspecified atom stereocenters. The van der Waals surface area contributed by atoms with Crippen LogP contribution in [0.5, 0.6) is 11.5 Å². The first-order valence-corrected chi connectivity index (χ1v) is 11.0. The molecule has 0 saturated heterocycles. The molecule has 3 aliphatic rings. The third kappa shape index (κ3) is 1.57. The number of furan rings is 1. The van der Waals surface area contributed by atoms with E-state index in [9.17, 15) is 0 Å². The number of nitrogens with zero attached hydrogens (tertiary/aromatic N) is 1. The number of rotatable bonds is 1. The molecule has 0 saturated carbocycles. The molecule has 4 heteroatoms. The van der Waals surface area contributed by atoms with E-state index in [2.05, 4.69) is 89.8 Å². The minimum Gasteiger partial charge on any atom is -0.458 e. The van der Waals surface area contributed by atoms with Crippen LogP contribution in [0.15, 0.2) is 89.3 Å². The van der Waals surface area contributed by atoms with Crippen LogP contribution in [0, 0.1) is 0 Å². The Bertz CT molecular complexity index is 1820. The van der Waals surface area contributed by atoms with Crippen LogP contribution >= 0.6 is 0 Å². The lowest BCUT2D eigenvalue weighted by Gasteiger charge is -2.41. The summed E-state index contributed by atoms with van der Waals surface area (Å²) in [5, 5.41) is 5.01. The summed E-state index contributed by atoms with van der Waals surface area (Å²) in [6.07, 6.45) is 0. The quantitative estimate of drug-likeness (QED) is 0.338. The molecule has 146 valence electrons. The Morgan fingerprint density at radius 2 is 1.34 bits per heavy atom. The molecule has 0 fully saturated rings. The number of hydrogen-bond donors (Lipinski definition) is 0. The van der Waals surface area contributed by atoms with Crippen LogP contribution in [0.4, 0.5) is 17.1 Å². The van der Waals surface area contributed by atoms with E-state index in [0.29, 0.717) is 0 Å². The van der Waals surface area contributed by atoms with Crippen molar-refractivity contribution in [3.63, 3.8) is 0 Å². The first-order valence-electron chi connectivity index (χ1n) is 11.0. The molecule has 6 aromatic rings. The normalized spacial score (nSPS) is 14.4. The van der Waals surface area contributed by atoms with Crippen molar-refractivity contribution in [2.45, 2.75) is 0 Å². The summed E-state index contributed by atoms with van der Waals surface area (Å²) in [5.74, 6) is 1.89. The monoisotopic (exact) mass is 407 g/mol. The summed E-state index contributed by atoms with van der Waals surface area (Å²) in [7, 11) is 0. The van der Waals surface area contributed by atoms with Gasteiger partial charge in [0.25, 0.3) is 6.71 Å². The van der Waals surface area contributed by atoms with Crippen LogP contribution in [0.1, 0.15) is 0 Å².